The van der Waals surface area contributed by atoms with E-state index in [0.29, 0.717) is 27.7 Å². The van der Waals surface area contributed by atoms with Gasteiger partial charge in [-0.05, 0) is 47.5 Å². The van der Waals surface area contributed by atoms with Crippen LogP contribution in [0.5, 0.6) is 5.75 Å². The molecule has 178 valence electrons. The molecule has 0 saturated heterocycles. The average molecular weight is 553 g/mol. The zero-order chi connectivity index (χ0) is 25.0. The summed E-state index contributed by atoms with van der Waals surface area (Å²) in [6.45, 7) is 0.114. The highest BCUT2D eigenvalue weighted by Crippen LogP contribution is 2.36. The fourth-order valence-electron chi connectivity index (χ4n) is 2.71. The maximum atomic E-state index is 12.8. The summed E-state index contributed by atoms with van der Waals surface area (Å²) in [5.41, 5.74) is 1.32. The van der Waals surface area contributed by atoms with E-state index in [1.165, 1.54) is 18.3 Å². The molecule has 6 nitrogen and oxygen atoms in total. The summed E-state index contributed by atoms with van der Waals surface area (Å²) in [4.78, 5) is 10.2. The zero-order valence-electron chi connectivity index (χ0n) is 16.7. The fraction of sp³-hybridized carbons (Fsp3) is 0.0952. The molecule has 3 aromatic carbocycles. The third kappa shape index (κ3) is 6.44. The van der Waals surface area contributed by atoms with Crippen molar-refractivity contribution >= 4 is 64.0 Å². The number of nitro groups is 1. The summed E-state index contributed by atoms with van der Waals surface area (Å²) in [7, 11) is 0. The van der Waals surface area contributed by atoms with Crippen molar-refractivity contribution in [3.63, 3.8) is 0 Å². The molecule has 0 heterocycles. The van der Waals surface area contributed by atoms with Gasteiger partial charge in [0.05, 0.1) is 36.8 Å². The van der Waals surface area contributed by atoms with Crippen molar-refractivity contribution < 1.29 is 22.8 Å². The Morgan fingerprint density at radius 2 is 1.65 bits per heavy atom. The van der Waals surface area contributed by atoms with E-state index < -0.39 is 22.4 Å². The molecule has 0 aliphatic heterocycles. The van der Waals surface area contributed by atoms with Crippen LogP contribution in [-0.4, -0.2) is 11.1 Å². The Kier molecular flexibility index (Phi) is 8.14. The Morgan fingerprint density at radius 1 is 0.971 bits per heavy atom. The number of nitrogens with one attached hydrogen (secondary N) is 1. The molecule has 0 aliphatic rings. The number of rotatable bonds is 7. The first-order chi connectivity index (χ1) is 16.0. The van der Waals surface area contributed by atoms with Gasteiger partial charge in [-0.2, -0.15) is 18.3 Å². The van der Waals surface area contributed by atoms with Crippen LogP contribution in [0.15, 0.2) is 53.6 Å². The van der Waals surface area contributed by atoms with Gasteiger partial charge in [0, 0.05) is 6.07 Å². The van der Waals surface area contributed by atoms with Gasteiger partial charge in [0.1, 0.15) is 12.3 Å². The summed E-state index contributed by atoms with van der Waals surface area (Å²) < 4.78 is 44.1. The second-order valence-electron chi connectivity index (χ2n) is 6.71. The SMILES string of the molecule is O=[N+]([O-])c1cc(C(F)(F)F)ccc1N/N=C\c1cc(Cl)c(OCc2ccc(Cl)c(Cl)c2)c(Cl)c1. The first-order valence-corrected chi connectivity index (χ1v) is 10.7. The van der Waals surface area contributed by atoms with Gasteiger partial charge >= 0.3 is 6.18 Å². The van der Waals surface area contributed by atoms with Crippen LogP contribution in [0.1, 0.15) is 16.7 Å². The molecule has 0 fully saturated rings. The number of hydrazone groups is 1. The molecule has 0 radical (unpaired) electrons. The normalized spacial score (nSPS) is 11.6. The van der Waals surface area contributed by atoms with Crippen LogP contribution in [-0.2, 0) is 12.8 Å². The summed E-state index contributed by atoms with van der Waals surface area (Å²) in [6.07, 6.45) is -3.48. The summed E-state index contributed by atoms with van der Waals surface area (Å²) in [6, 6.07) is 9.98. The molecule has 0 unspecified atom stereocenters. The van der Waals surface area contributed by atoms with E-state index in [1.54, 1.807) is 18.2 Å². The number of ether oxygens (including phenoxy) is 1. The molecule has 0 spiro atoms. The first-order valence-electron chi connectivity index (χ1n) is 9.16. The second-order valence-corrected chi connectivity index (χ2v) is 8.34. The summed E-state index contributed by atoms with van der Waals surface area (Å²) in [5, 5.41) is 16.1. The molecule has 0 aliphatic carbocycles. The average Bonchev–Trinajstić information content (AvgIpc) is 2.75. The van der Waals surface area contributed by atoms with E-state index in [-0.39, 0.29) is 28.1 Å². The highest BCUT2D eigenvalue weighted by molar-refractivity contribution is 6.42. The van der Waals surface area contributed by atoms with E-state index in [2.05, 4.69) is 10.5 Å². The molecule has 0 atom stereocenters. The summed E-state index contributed by atoms with van der Waals surface area (Å²) in [5.74, 6) is 0.206. The second kappa shape index (κ2) is 10.7. The lowest BCUT2D eigenvalue weighted by Gasteiger charge is -2.11. The number of hydrogen-bond donors (Lipinski definition) is 1. The van der Waals surface area contributed by atoms with Crippen LogP contribution in [0.2, 0.25) is 20.1 Å². The third-order valence-corrected chi connectivity index (χ3v) is 5.61. The number of anilines is 1. The molecule has 3 rings (SSSR count). The minimum absolute atomic E-state index is 0.114. The predicted octanol–water partition coefficient (Wildman–Crippen LogP) is 8.25. The van der Waals surface area contributed by atoms with Crippen LogP contribution < -0.4 is 10.2 Å². The molecule has 3 aromatic rings. The van der Waals surface area contributed by atoms with Gasteiger partial charge in [0.15, 0.2) is 5.75 Å². The Hall–Kier alpha value is -2.72. The molecular formula is C21H12Cl4F3N3O3. The van der Waals surface area contributed by atoms with Gasteiger partial charge in [-0.25, -0.2) is 0 Å². The quantitative estimate of drug-likeness (QED) is 0.182. The van der Waals surface area contributed by atoms with Crippen molar-refractivity contribution in [2.24, 2.45) is 5.10 Å². The Bertz CT molecular complexity index is 1250. The summed E-state index contributed by atoms with van der Waals surface area (Å²) >= 11 is 24.4. The van der Waals surface area contributed by atoms with Gasteiger partial charge in [0.25, 0.3) is 5.69 Å². The maximum absolute atomic E-state index is 12.8. The maximum Gasteiger partial charge on any atom is 0.416 e. The van der Waals surface area contributed by atoms with E-state index >= 15 is 0 Å². The van der Waals surface area contributed by atoms with E-state index in [4.69, 9.17) is 51.1 Å². The molecule has 13 heteroatoms. The number of nitrogens with zero attached hydrogens (tertiary/aromatic N) is 2. The van der Waals surface area contributed by atoms with Crippen LogP contribution in [0.25, 0.3) is 0 Å². The third-order valence-electron chi connectivity index (χ3n) is 4.31. The van der Waals surface area contributed by atoms with Crippen molar-refractivity contribution in [1.29, 1.82) is 0 Å². The Labute approximate surface area is 211 Å². The predicted molar refractivity (Wildman–Crippen MR) is 127 cm³/mol. The van der Waals surface area contributed by atoms with Gasteiger partial charge in [-0.1, -0.05) is 52.5 Å². The Balaban J connectivity index is 1.73. The largest absolute Gasteiger partial charge is 0.486 e. The molecule has 0 bridgehead atoms. The molecule has 0 aromatic heterocycles. The minimum atomic E-state index is -4.72. The number of hydrogen-bond acceptors (Lipinski definition) is 5. The van der Waals surface area contributed by atoms with Crippen molar-refractivity contribution in [2.75, 3.05) is 5.43 Å². The molecule has 0 amide bonds. The van der Waals surface area contributed by atoms with Gasteiger partial charge in [0.2, 0.25) is 0 Å². The van der Waals surface area contributed by atoms with Crippen LogP contribution in [0.3, 0.4) is 0 Å². The molecule has 1 N–H and O–H groups in total. The fourth-order valence-corrected chi connectivity index (χ4v) is 3.64. The van der Waals surface area contributed by atoms with Crippen molar-refractivity contribution in [1.82, 2.24) is 0 Å². The lowest BCUT2D eigenvalue weighted by Crippen LogP contribution is -2.06. The first kappa shape index (κ1) is 25.9. The van der Waals surface area contributed by atoms with Crippen LogP contribution >= 0.6 is 46.4 Å². The smallest absolute Gasteiger partial charge is 0.416 e. The standard InChI is InChI=1S/C21H12Cl4F3N3O3/c22-14-3-1-11(5-15(14)23)10-34-20-16(24)6-12(7-17(20)25)9-29-30-18-4-2-13(21(26,27)28)8-19(18)31(32)33/h1-9,30H,10H2/b29-9-. The highest BCUT2D eigenvalue weighted by Gasteiger charge is 2.33. The van der Waals surface area contributed by atoms with Crippen molar-refractivity contribution in [3.8, 4) is 5.75 Å². The molecule has 34 heavy (non-hydrogen) atoms. The lowest BCUT2D eigenvalue weighted by atomic mass is 10.1. The van der Waals surface area contributed by atoms with Crippen LogP contribution in [0.4, 0.5) is 24.5 Å². The number of benzene rings is 3. The zero-order valence-corrected chi connectivity index (χ0v) is 19.7. The monoisotopic (exact) mass is 551 g/mol. The van der Waals surface area contributed by atoms with Crippen LogP contribution in [0, 0.1) is 10.1 Å². The van der Waals surface area contributed by atoms with Crippen molar-refractivity contribution in [3.05, 3.63) is 95.4 Å². The minimum Gasteiger partial charge on any atom is -0.486 e. The highest BCUT2D eigenvalue weighted by atomic mass is 35.5. The topological polar surface area (TPSA) is 76.8 Å². The van der Waals surface area contributed by atoms with Gasteiger partial charge < -0.3 is 4.74 Å². The number of halogens is 7. The number of alkyl halides is 3. The Morgan fingerprint density at radius 3 is 2.24 bits per heavy atom. The van der Waals surface area contributed by atoms with E-state index in [0.717, 1.165) is 11.6 Å². The van der Waals surface area contributed by atoms with Crippen molar-refractivity contribution in [2.45, 2.75) is 12.8 Å². The van der Waals surface area contributed by atoms with E-state index in [1.807, 2.05) is 0 Å². The number of nitro benzene ring substituents is 1. The molecule has 0 saturated carbocycles. The molecular weight excluding hydrogens is 541 g/mol. The van der Waals surface area contributed by atoms with E-state index in [9.17, 15) is 23.3 Å². The van der Waals surface area contributed by atoms with Gasteiger partial charge in [-0.15, -0.1) is 0 Å². The van der Waals surface area contributed by atoms with Gasteiger partial charge in [-0.3, -0.25) is 15.5 Å². The lowest BCUT2D eigenvalue weighted by molar-refractivity contribution is -0.384.